The van der Waals surface area contributed by atoms with E-state index in [9.17, 15) is 9.59 Å². The van der Waals surface area contributed by atoms with Crippen molar-refractivity contribution in [1.82, 2.24) is 15.6 Å². The summed E-state index contributed by atoms with van der Waals surface area (Å²) < 4.78 is 16.1. The van der Waals surface area contributed by atoms with Gasteiger partial charge in [0.15, 0.2) is 11.5 Å². The van der Waals surface area contributed by atoms with Crippen molar-refractivity contribution in [3.63, 3.8) is 0 Å². The van der Waals surface area contributed by atoms with Gasteiger partial charge in [-0.05, 0) is 42.7 Å². The van der Waals surface area contributed by atoms with Crippen molar-refractivity contribution in [3.8, 4) is 11.5 Å². The lowest BCUT2D eigenvalue weighted by molar-refractivity contribution is 0.0853. The molecule has 4 rings (SSSR count). The molecule has 0 radical (unpaired) electrons. The first-order chi connectivity index (χ1) is 13.7. The summed E-state index contributed by atoms with van der Waals surface area (Å²) in [4.78, 5) is 28.9. The van der Waals surface area contributed by atoms with Crippen LogP contribution in [0.4, 0.5) is 0 Å². The molecular weight excluding hydrogens is 362 g/mol. The van der Waals surface area contributed by atoms with Gasteiger partial charge in [0, 0.05) is 19.7 Å². The number of nitrogens with one attached hydrogen (secondary N) is 2. The molecule has 1 aromatic heterocycles. The molecule has 0 aliphatic carbocycles. The Kier molecular flexibility index (Phi) is 5.38. The zero-order valence-electron chi connectivity index (χ0n) is 15.3. The second-order valence-corrected chi connectivity index (χ2v) is 6.62. The van der Waals surface area contributed by atoms with E-state index in [-0.39, 0.29) is 36.1 Å². The average Bonchev–Trinajstić information content (AvgIpc) is 3.41. The molecule has 8 heteroatoms. The molecule has 1 atom stereocenters. The minimum absolute atomic E-state index is 0.0529. The summed E-state index contributed by atoms with van der Waals surface area (Å²) >= 11 is 0. The SMILES string of the molecule is O=C(NCc1ccc2c(c1)OCO2)c1cccc(C(=O)NCC2CCCO2)n1. The van der Waals surface area contributed by atoms with Gasteiger partial charge in [0.1, 0.15) is 11.4 Å². The van der Waals surface area contributed by atoms with Crippen LogP contribution in [0.5, 0.6) is 11.5 Å². The molecule has 1 unspecified atom stereocenters. The maximum Gasteiger partial charge on any atom is 0.270 e. The van der Waals surface area contributed by atoms with Gasteiger partial charge in [0.25, 0.3) is 11.8 Å². The summed E-state index contributed by atoms with van der Waals surface area (Å²) in [5.74, 6) is 0.681. The highest BCUT2D eigenvalue weighted by Crippen LogP contribution is 2.32. The van der Waals surface area contributed by atoms with E-state index in [0.717, 1.165) is 25.0 Å². The van der Waals surface area contributed by atoms with Crippen LogP contribution in [-0.4, -0.2) is 42.8 Å². The van der Waals surface area contributed by atoms with Crippen LogP contribution in [-0.2, 0) is 11.3 Å². The number of hydrogen-bond donors (Lipinski definition) is 2. The van der Waals surface area contributed by atoms with Crippen LogP contribution < -0.4 is 20.1 Å². The molecule has 1 aromatic carbocycles. The van der Waals surface area contributed by atoms with Gasteiger partial charge < -0.3 is 24.8 Å². The van der Waals surface area contributed by atoms with Crippen LogP contribution in [0.3, 0.4) is 0 Å². The summed E-state index contributed by atoms with van der Waals surface area (Å²) in [6.45, 7) is 1.70. The second kappa shape index (κ2) is 8.26. The van der Waals surface area contributed by atoms with Crippen LogP contribution >= 0.6 is 0 Å². The molecule has 1 saturated heterocycles. The summed E-state index contributed by atoms with van der Waals surface area (Å²) in [7, 11) is 0. The van der Waals surface area contributed by atoms with E-state index < -0.39 is 0 Å². The summed E-state index contributed by atoms with van der Waals surface area (Å²) in [6.07, 6.45) is 2.01. The molecule has 2 amide bonds. The van der Waals surface area contributed by atoms with Gasteiger partial charge in [-0.25, -0.2) is 4.98 Å². The number of carbonyl (C=O) groups is 2. The number of pyridine rings is 1. The maximum atomic E-state index is 12.4. The Morgan fingerprint density at radius 2 is 1.82 bits per heavy atom. The third-order valence-electron chi connectivity index (χ3n) is 4.62. The summed E-state index contributed by atoms with van der Waals surface area (Å²) in [5, 5.41) is 5.60. The monoisotopic (exact) mass is 383 g/mol. The second-order valence-electron chi connectivity index (χ2n) is 6.62. The summed E-state index contributed by atoms with van der Waals surface area (Å²) in [6, 6.07) is 10.3. The van der Waals surface area contributed by atoms with Gasteiger partial charge >= 0.3 is 0 Å². The molecule has 0 spiro atoms. The van der Waals surface area contributed by atoms with E-state index in [4.69, 9.17) is 14.2 Å². The van der Waals surface area contributed by atoms with Crippen molar-refractivity contribution in [2.75, 3.05) is 19.9 Å². The first kappa shape index (κ1) is 18.2. The van der Waals surface area contributed by atoms with E-state index in [1.54, 1.807) is 24.3 Å². The van der Waals surface area contributed by atoms with E-state index in [1.807, 2.05) is 12.1 Å². The zero-order valence-corrected chi connectivity index (χ0v) is 15.3. The van der Waals surface area contributed by atoms with Gasteiger partial charge in [0.2, 0.25) is 6.79 Å². The number of rotatable bonds is 6. The smallest absolute Gasteiger partial charge is 0.270 e. The molecule has 0 saturated carbocycles. The van der Waals surface area contributed by atoms with Crippen molar-refractivity contribution in [1.29, 1.82) is 0 Å². The van der Waals surface area contributed by atoms with Crippen molar-refractivity contribution in [2.45, 2.75) is 25.5 Å². The largest absolute Gasteiger partial charge is 0.454 e. The van der Waals surface area contributed by atoms with E-state index in [0.29, 0.717) is 24.6 Å². The quantitative estimate of drug-likeness (QED) is 0.787. The lowest BCUT2D eigenvalue weighted by Gasteiger charge is -2.11. The van der Waals surface area contributed by atoms with Gasteiger partial charge in [-0.15, -0.1) is 0 Å². The maximum absolute atomic E-state index is 12.4. The number of aromatic nitrogens is 1. The van der Waals surface area contributed by atoms with Crippen LogP contribution in [0, 0.1) is 0 Å². The Balaban J connectivity index is 1.33. The minimum Gasteiger partial charge on any atom is -0.454 e. The van der Waals surface area contributed by atoms with Crippen LogP contribution in [0.2, 0.25) is 0 Å². The molecule has 2 N–H and O–H groups in total. The van der Waals surface area contributed by atoms with Crippen LogP contribution in [0.15, 0.2) is 36.4 Å². The predicted molar refractivity (Wildman–Crippen MR) is 99.3 cm³/mol. The first-order valence-electron chi connectivity index (χ1n) is 9.22. The Hall–Kier alpha value is -3.13. The molecule has 2 aromatic rings. The van der Waals surface area contributed by atoms with Gasteiger partial charge in [0.05, 0.1) is 6.10 Å². The fourth-order valence-corrected chi connectivity index (χ4v) is 3.11. The van der Waals surface area contributed by atoms with Gasteiger partial charge in [-0.2, -0.15) is 0 Å². The van der Waals surface area contributed by atoms with Crippen LogP contribution in [0.1, 0.15) is 39.4 Å². The van der Waals surface area contributed by atoms with E-state index in [2.05, 4.69) is 15.6 Å². The van der Waals surface area contributed by atoms with Crippen molar-refractivity contribution < 1.29 is 23.8 Å². The fourth-order valence-electron chi connectivity index (χ4n) is 3.11. The topological polar surface area (TPSA) is 98.8 Å². The normalized spacial score (nSPS) is 17.4. The Morgan fingerprint density at radius 1 is 1.04 bits per heavy atom. The molecule has 0 bridgehead atoms. The lowest BCUT2D eigenvalue weighted by Crippen LogP contribution is -2.32. The lowest BCUT2D eigenvalue weighted by atomic mass is 10.2. The third kappa shape index (κ3) is 4.23. The highest BCUT2D eigenvalue weighted by atomic mass is 16.7. The molecular formula is C20H21N3O5. The number of amides is 2. The Morgan fingerprint density at radius 3 is 2.61 bits per heavy atom. The zero-order chi connectivity index (χ0) is 19.3. The number of fused-ring (bicyclic) bond motifs is 1. The molecule has 28 heavy (non-hydrogen) atoms. The third-order valence-corrected chi connectivity index (χ3v) is 4.62. The molecule has 1 fully saturated rings. The first-order valence-corrected chi connectivity index (χ1v) is 9.22. The standard InChI is InChI=1S/C20H21N3O5/c24-19(21-10-13-6-7-17-18(9-13)28-12-27-17)15-4-1-5-16(23-15)20(25)22-11-14-3-2-8-26-14/h1,4-7,9,14H,2-3,8,10-12H2,(H,21,24)(H,22,25). The van der Waals surface area contributed by atoms with Crippen molar-refractivity contribution >= 4 is 11.8 Å². The molecule has 8 nitrogen and oxygen atoms in total. The molecule has 2 aliphatic rings. The summed E-state index contributed by atoms with van der Waals surface area (Å²) in [5.41, 5.74) is 1.27. The fraction of sp³-hybridized carbons (Fsp3) is 0.350. The highest BCUT2D eigenvalue weighted by Gasteiger charge is 2.18. The van der Waals surface area contributed by atoms with E-state index in [1.165, 1.54) is 0 Å². The van der Waals surface area contributed by atoms with Gasteiger partial charge in [-0.3, -0.25) is 9.59 Å². The molecule has 146 valence electrons. The Bertz CT molecular complexity index is 880. The minimum atomic E-state index is -0.355. The molecule has 2 aliphatic heterocycles. The van der Waals surface area contributed by atoms with Crippen LogP contribution in [0.25, 0.3) is 0 Å². The number of nitrogens with zero attached hydrogens (tertiary/aromatic N) is 1. The predicted octanol–water partition coefficient (Wildman–Crippen LogP) is 1.65. The van der Waals surface area contributed by atoms with Crippen molar-refractivity contribution in [2.24, 2.45) is 0 Å². The number of carbonyl (C=O) groups excluding carboxylic acids is 2. The number of ether oxygens (including phenoxy) is 3. The number of hydrogen-bond acceptors (Lipinski definition) is 6. The highest BCUT2D eigenvalue weighted by molar-refractivity contribution is 5.96. The molecule has 3 heterocycles. The van der Waals surface area contributed by atoms with Crippen molar-refractivity contribution in [3.05, 3.63) is 53.3 Å². The van der Waals surface area contributed by atoms with Gasteiger partial charge in [-0.1, -0.05) is 12.1 Å². The number of benzene rings is 1. The van der Waals surface area contributed by atoms with E-state index >= 15 is 0 Å². The average molecular weight is 383 g/mol. The Labute approximate surface area is 162 Å².